The molecule has 0 unspecified atom stereocenters. The molecule has 12 aromatic rings. The van der Waals surface area contributed by atoms with Crippen LogP contribution in [-0.4, -0.2) is 9.55 Å². The first-order valence-electron chi connectivity index (χ1n) is 26.0. The van der Waals surface area contributed by atoms with Crippen molar-refractivity contribution in [1.82, 2.24) is 9.55 Å². The molecule has 0 radical (unpaired) electrons. The summed E-state index contributed by atoms with van der Waals surface area (Å²) in [5.74, 6) is 1.97. The number of para-hydroxylation sites is 4. The minimum absolute atomic E-state index is 0. The Labute approximate surface area is 464 Å². The summed E-state index contributed by atoms with van der Waals surface area (Å²) in [5, 5.41) is 2.19. The number of hydrogen-bond donors (Lipinski definition) is 0. The van der Waals surface area contributed by atoms with Gasteiger partial charge in [-0.05, 0) is 85.6 Å². The number of aromatic nitrogens is 2. The van der Waals surface area contributed by atoms with Crippen LogP contribution in [0.5, 0.6) is 11.5 Å². The van der Waals surface area contributed by atoms with Gasteiger partial charge in [0.2, 0.25) is 0 Å². The molecule has 5 nitrogen and oxygen atoms in total. The third-order valence-electron chi connectivity index (χ3n) is 15.4. The Morgan fingerprint density at radius 2 is 1.05 bits per heavy atom. The standard InChI is InChI=1S/C71H51N4O.Pt/c1-70(2,3)51-40-41-72-68(44-51)75-64-35-18-15-30-60(64)61-39-38-54(46-67(61)75)76-55-43-52(71(50-26-11-6-12-27-50)62-33-16-13-28-58(62)59-29-14-17-34-63(59)71)42-53(45-55)73-47-74(66-37-20-19-36-65(66)73)69-56(48-22-7-4-8-23-48)31-21-32-57(69)49-24-9-5-10-25-49;/h4-44,47H,1-3H3;/q-3;. The zero-order valence-electron chi connectivity index (χ0n) is 42.8. The normalized spacial score (nSPS) is 13.3. The molecule has 10 aromatic carbocycles. The van der Waals surface area contributed by atoms with Crippen molar-refractivity contribution in [2.24, 2.45) is 0 Å². The number of benzene rings is 10. The Hall–Kier alpha value is -8.76. The molecule has 0 bridgehead atoms. The summed E-state index contributed by atoms with van der Waals surface area (Å²) in [4.78, 5) is 9.61. The monoisotopic (exact) mass is 1170 g/mol. The van der Waals surface area contributed by atoms with E-state index in [0.717, 1.165) is 83.8 Å². The van der Waals surface area contributed by atoms with Gasteiger partial charge < -0.3 is 19.1 Å². The second kappa shape index (κ2) is 19.1. The Morgan fingerprint density at radius 3 is 1.71 bits per heavy atom. The number of nitrogens with zero attached hydrogens (tertiary/aromatic N) is 4. The van der Waals surface area contributed by atoms with Crippen molar-refractivity contribution in [2.75, 3.05) is 9.80 Å². The van der Waals surface area contributed by atoms with Gasteiger partial charge in [0.05, 0.1) is 0 Å². The number of hydrogen-bond acceptors (Lipinski definition) is 4. The molecule has 374 valence electrons. The van der Waals surface area contributed by atoms with Crippen molar-refractivity contribution < 1.29 is 25.8 Å². The van der Waals surface area contributed by atoms with E-state index >= 15 is 0 Å². The summed E-state index contributed by atoms with van der Waals surface area (Å²) >= 11 is 0. The predicted molar refractivity (Wildman–Crippen MR) is 311 cm³/mol. The van der Waals surface area contributed by atoms with Gasteiger partial charge in [0.1, 0.15) is 5.82 Å². The van der Waals surface area contributed by atoms with Gasteiger partial charge >= 0.3 is 0 Å². The molecule has 3 heterocycles. The fraction of sp³-hybridized carbons (Fsp3) is 0.0704. The number of fused-ring (bicyclic) bond motifs is 7. The Balaban J connectivity index is 0.00000566. The molecular formula is C71H51N4OPt-3. The maximum atomic E-state index is 7.26. The molecule has 0 amide bonds. The Bertz CT molecular complexity index is 4080. The van der Waals surface area contributed by atoms with E-state index in [2.05, 4.69) is 291 Å². The van der Waals surface area contributed by atoms with Crippen molar-refractivity contribution in [1.29, 1.82) is 0 Å². The van der Waals surface area contributed by atoms with E-state index in [9.17, 15) is 0 Å². The topological polar surface area (TPSA) is 33.5 Å². The zero-order chi connectivity index (χ0) is 51.0. The van der Waals surface area contributed by atoms with Crippen LogP contribution in [0, 0.1) is 18.8 Å². The molecular weight excluding hydrogens is 1120 g/mol. The van der Waals surface area contributed by atoms with Crippen LogP contribution in [0.1, 0.15) is 48.6 Å². The zero-order valence-corrected chi connectivity index (χ0v) is 45.0. The summed E-state index contributed by atoms with van der Waals surface area (Å²) in [6.45, 7) is 8.95. The number of ether oxygens (including phenoxy) is 1. The molecule has 14 rings (SSSR count). The van der Waals surface area contributed by atoms with E-state index in [1.165, 1.54) is 27.8 Å². The maximum Gasteiger partial charge on any atom is 0.135 e. The van der Waals surface area contributed by atoms with Gasteiger partial charge in [-0.1, -0.05) is 214 Å². The molecule has 1 aliphatic carbocycles. The van der Waals surface area contributed by atoms with E-state index in [1.54, 1.807) is 0 Å². The van der Waals surface area contributed by atoms with E-state index in [1.807, 2.05) is 12.3 Å². The molecule has 77 heavy (non-hydrogen) atoms. The molecule has 0 fully saturated rings. The summed E-state index contributed by atoms with van der Waals surface area (Å²) in [6, 6.07) is 94.6. The van der Waals surface area contributed by atoms with Crippen LogP contribution in [0.3, 0.4) is 0 Å². The molecule has 1 aliphatic heterocycles. The summed E-state index contributed by atoms with van der Waals surface area (Å²) in [5.41, 5.74) is 17.9. The maximum absolute atomic E-state index is 7.26. The Kier molecular flexibility index (Phi) is 11.9. The van der Waals surface area contributed by atoms with Crippen molar-refractivity contribution in [3.63, 3.8) is 0 Å². The second-order valence-corrected chi connectivity index (χ2v) is 20.8. The molecule has 2 aromatic heterocycles. The van der Waals surface area contributed by atoms with Gasteiger partial charge in [0.15, 0.2) is 0 Å². The van der Waals surface area contributed by atoms with Crippen molar-refractivity contribution >= 4 is 44.6 Å². The molecule has 6 heteroatoms. The van der Waals surface area contributed by atoms with Crippen LogP contribution in [-0.2, 0) is 31.9 Å². The third kappa shape index (κ3) is 7.91. The minimum atomic E-state index is -0.723. The van der Waals surface area contributed by atoms with Crippen LogP contribution < -0.4 is 14.5 Å². The fourth-order valence-electron chi connectivity index (χ4n) is 11.9. The average Bonchev–Trinajstić information content (AvgIpc) is 4.21. The van der Waals surface area contributed by atoms with Crippen LogP contribution in [0.2, 0.25) is 0 Å². The molecule has 2 aliphatic rings. The SMILES string of the molecule is CC(C)(C)c1ccnc(-n2c3[c-]c(Oc4[c-]c(N5[CH-]N(c6c(-c7ccccc7)cccc6-c6ccccc6)c6ccccc65)cc(C5(c6ccccc6)c6ccccc6-c6ccccc65)c4)ccc3c3ccccc32)c1.[Pt]. The largest absolute Gasteiger partial charge is 0.509 e. The van der Waals surface area contributed by atoms with Crippen molar-refractivity contribution in [2.45, 2.75) is 31.6 Å². The van der Waals surface area contributed by atoms with Gasteiger partial charge in [-0.2, -0.15) is 6.07 Å². The Morgan fingerprint density at radius 1 is 0.481 bits per heavy atom. The smallest absolute Gasteiger partial charge is 0.135 e. The first-order chi connectivity index (χ1) is 37.3. The predicted octanol–water partition coefficient (Wildman–Crippen LogP) is 18.0. The quantitative estimate of drug-likeness (QED) is 0.135. The minimum Gasteiger partial charge on any atom is -0.509 e. The molecule has 0 saturated heterocycles. The first-order valence-corrected chi connectivity index (χ1v) is 26.0. The summed E-state index contributed by atoms with van der Waals surface area (Å²) < 4.78 is 9.48. The van der Waals surface area contributed by atoms with Gasteiger partial charge in [0, 0.05) is 77.9 Å². The molecule has 0 N–H and O–H groups in total. The fourth-order valence-corrected chi connectivity index (χ4v) is 11.9. The second-order valence-electron chi connectivity index (χ2n) is 20.8. The third-order valence-corrected chi connectivity index (χ3v) is 15.4. The summed E-state index contributed by atoms with van der Waals surface area (Å²) in [7, 11) is 0. The van der Waals surface area contributed by atoms with Crippen molar-refractivity contribution in [3.05, 3.63) is 295 Å². The summed E-state index contributed by atoms with van der Waals surface area (Å²) in [6.07, 6.45) is 1.91. The van der Waals surface area contributed by atoms with Gasteiger partial charge in [-0.3, -0.25) is 0 Å². The number of pyridine rings is 1. The van der Waals surface area contributed by atoms with E-state index in [0.29, 0.717) is 11.5 Å². The van der Waals surface area contributed by atoms with Gasteiger partial charge in [-0.25, -0.2) is 4.98 Å². The van der Waals surface area contributed by atoms with Crippen LogP contribution in [0.15, 0.2) is 249 Å². The van der Waals surface area contributed by atoms with E-state index < -0.39 is 5.41 Å². The first kappa shape index (κ1) is 47.9. The average molecular weight is 1170 g/mol. The van der Waals surface area contributed by atoms with E-state index in [-0.39, 0.29) is 26.5 Å². The molecule has 0 saturated carbocycles. The van der Waals surface area contributed by atoms with Crippen LogP contribution in [0.4, 0.5) is 22.7 Å². The van der Waals surface area contributed by atoms with Crippen LogP contribution in [0.25, 0.3) is 61.0 Å². The number of rotatable bonds is 9. The molecule has 0 atom stereocenters. The van der Waals surface area contributed by atoms with E-state index in [4.69, 9.17) is 9.72 Å². The number of anilines is 4. The van der Waals surface area contributed by atoms with Gasteiger partial charge in [-0.15, -0.1) is 53.6 Å². The van der Waals surface area contributed by atoms with Crippen molar-refractivity contribution in [3.8, 4) is 50.7 Å². The molecule has 0 spiro atoms. The van der Waals surface area contributed by atoms with Gasteiger partial charge in [0.25, 0.3) is 0 Å². The van der Waals surface area contributed by atoms with Crippen LogP contribution >= 0.6 is 0 Å².